The second-order valence-corrected chi connectivity index (χ2v) is 4.21. The van der Waals surface area contributed by atoms with E-state index >= 15 is 0 Å². The molecular formula is C10H19N3OS. The van der Waals surface area contributed by atoms with E-state index in [9.17, 15) is 4.79 Å². The summed E-state index contributed by atoms with van der Waals surface area (Å²) >= 11 is 5.24. The third-order valence-electron chi connectivity index (χ3n) is 2.49. The summed E-state index contributed by atoms with van der Waals surface area (Å²) in [6, 6.07) is 0. The van der Waals surface area contributed by atoms with Crippen molar-refractivity contribution in [3.8, 4) is 0 Å². The van der Waals surface area contributed by atoms with Gasteiger partial charge < -0.3 is 15.1 Å². The molecular weight excluding hydrogens is 210 g/mol. The molecule has 0 aromatic rings. The first-order valence-corrected chi connectivity index (χ1v) is 5.82. The quantitative estimate of drug-likeness (QED) is 0.697. The van der Waals surface area contributed by atoms with Crippen molar-refractivity contribution in [2.24, 2.45) is 0 Å². The molecule has 0 aromatic heterocycles. The first kappa shape index (κ1) is 12.2. The minimum atomic E-state index is 0.146. The minimum absolute atomic E-state index is 0.146. The van der Waals surface area contributed by atoms with Gasteiger partial charge in [-0.3, -0.25) is 4.79 Å². The Morgan fingerprint density at radius 1 is 1.53 bits per heavy atom. The van der Waals surface area contributed by atoms with E-state index in [-0.39, 0.29) is 5.91 Å². The lowest BCUT2D eigenvalue weighted by Gasteiger charge is -2.23. The average Bonchev–Trinajstić information content (AvgIpc) is 2.38. The van der Waals surface area contributed by atoms with Crippen LogP contribution in [0.1, 0.15) is 19.8 Å². The zero-order chi connectivity index (χ0) is 11.3. The Bertz CT molecular complexity index is 245. The van der Waals surface area contributed by atoms with Gasteiger partial charge in [0.1, 0.15) is 0 Å². The maximum absolute atomic E-state index is 11.6. The van der Waals surface area contributed by atoms with Crippen LogP contribution in [-0.2, 0) is 4.79 Å². The van der Waals surface area contributed by atoms with Crippen molar-refractivity contribution in [3.63, 3.8) is 0 Å². The van der Waals surface area contributed by atoms with Gasteiger partial charge in [0.2, 0.25) is 5.91 Å². The first-order chi connectivity index (χ1) is 7.15. The number of hydrogen-bond acceptors (Lipinski definition) is 2. The highest BCUT2D eigenvalue weighted by Crippen LogP contribution is 2.02. The highest BCUT2D eigenvalue weighted by Gasteiger charge is 2.20. The van der Waals surface area contributed by atoms with Gasteiger partial charge in [0, 0.05) is 26.7 Å². The molecule has 0 bridgehead atoms. The summed E-state index contributed by atoms with van der Waals surface area (Å²) < 4.78 is 0. The lowest BCUT2D eigenvalue weighted by atomic mass is 10.4. The second-order valence-electron chi connectivity index (χ2n) is 3.82. The third-order valence-corrected chi connectivity index (χ3v) is 2.89. The van der Waals surface area contributed by atoms with Crippen LogP contribution in [0.5, 0.6) is 0 Å². The number of amides is 1. The number of carbonyl (C=O) groups excluding carboxylic acids is 1. The summed E-state index contributed by atoms with van der Waals surface area (Å²) in [5, 5.41) is 3.86. The number of carbonyl (C=O) groups is 1. The number of nitrogens with one attached hydrogen (secondary N) is 1. The molecule has 1 aliphatic rings. The van der Waals surface area contributed by atoms with E-state index in [2.05, 4.69) is 12.2 Å². The maximum Gasteiger partial charge on any atom is 0.241 e. The van der Waals surface area contributed by atoms with Gasteiger partial charge in [0.05, 0.1) is 6.54 Å². The van der Waals surface area contributed by atoms with E-state index in [0.29, 0.717) is 11.7 Å². The molecule has 0 aromatic carbocycles. The molecule has 5 heteroatoms. The standard InChI is InChI=1S/C10H19N3OS/c1-3-5-11-10(15)13-7-4-6-12(2)9(14)8-13/h3-8H2,1-2H3,(H,11,15). The van der Waals surface area contributed by atoms with Crippen molar-refractivity contribution >= 4 is 23.2 Å². The van der Waals surface area contributed by atoms with E-state index in [1.165, 1.54) is 0 Å². The summed E-state index contributed by atoms with van der Waals surface area (Å²) in [6.45, 7) is 5.07. The predicted molar refractivity (Wildman–Crippen MR) is 64.7 cm³/mol. The molecule has 1 N–H and O–H groups in total. The minimum Gasteiger partial charge on any atom is -0.363 e. The van der Waals surface area contributed by atoms with E-state index in [1.54, 1.807) is 4.90 Å². The van der Waals surface area contributed by atoms with Crippen LogP contribution in [-0.4, -0.2) is 54.0 Å². The molecule has 0 atom stereocenters. The Morgan fingerprint density at radius 2 is 2.27 bits per heavy atom. The topological polar surface area (TPSA) is 35.6 Å². The fraction of sp³-hybridized carbons (Fsp3) is 0.800. The monoisotopic (exact) mass is 229 g/mol. The van der Waals surface area contributed by atoms with Crippen LogP contribution in [0.3, 0.4) is 0 Å². The number of thiocarbonyl (C=S) groups is 1. The molecule has 1 heterocycles. The molecule has 1 amide bonds. The van der Waals surface area contributed by atoms with Crippen molar-refractivity contribution in [3.05, 3.63) is 0 Å². The molecule has 0 spiro atoms. The average molecular weight is 229 g/mol. The number of hydrogen-bond donors (Lipinski definition) is 1. The summed E-state index contributed by atoms with van der Waals surface area (Å²) in [7, 11) is 1.84. The molecule has 1 aliphatic heterocycles. The van der Waals surface area contributed by atoms with Gasteiger partial charge in [-0.05, 0) is 25.1 Å². The summed E-state index contributed by atoms with van der Waals surface area (Å²) in [5.41, 5.74) is 0. The van der Waals surface area contributed by atoms with Gasteiger partial charge in [0.25, 0.3) is 0 Å². The van der Waals surface area contributed by atoms with Crippen molar-refractivity contribution in [2.75, 3.05) is 33.2 Å². The predicted octanol–water partition coefficient (Wildman–Crippen LogP) is 0.435. The molecule has 15 heavy (non-hydrogen) atoms. The highest BCUT2D eigenvalue weighted by molar-refractivity contribution is 7.80. The molecule has 0 saturated carbocycles. The molecule has 1 saturated heterocycles. The van der Waals surface area contributed by atoms with Crippen LogP contribution >= 0.6 is 12.2 Å². The summed E-state index contributed by atoms with van der Waals surface area (Å²) in [6.07, 6.45) is 2.03. The Kier molecular flexibility index (Phi) is 4.81. The van der Waals surface area contributed by atoms with E-state index in [0.717, 1.165) is 32.5 Å². The molecule has 0 unspecified atom stereocenters. The smallest absolute Gasteiger partial charge is 0.241 e. The van der Waals surface area contributed by atoms with Crippen LogP contribution in [0.4, 0.5) is 0 Å². The zero-order valence-electron chi connectivity index (χ0n) is 9.45. The molecule has 4 nitrogen and oxygen atoms in total. The van der Waals surface area contributed by atoms with Crippen molar-refractivity contribution in [2.45, 2.75) is 19.8 Å². The van der Waals surface area contributed by atoms with E-state index in [4.69, 9.17) is 12.2 Å². The maximum atomic E-state index is 11.6. The van der Waals surface area contributed by atoms with Gasteiger partial charge in [-0.15, -0.1) is 0 Å². The summed E-state index contributed by atoms with van der Waals surface area (Å²) in [5.74, 6) is 0.146. The molecule has 1 fully saturated rings. The molecule has 0 aliphatic carbocycles. The van der Waals surface area contributed by atoms with Gasteiger partial charge in [0.15, 0.2) is 5.11 Å². The van der Waals surface area contributed by atoms with Gasteiger partial charge in [-0.1, -0.05) is 6.92 Å². The normalized spacial score (nSPS) is 17.6. The van der Waals surface area contributed by atoms with Crippen LogP contribution in [0, 0.1) is 0 Å². The number of likely N-dealkylation sites (N-methyl/N-ethyl adjacent to an activating group) is 1. The van der Waals surface area contributed by atoms with Crippen LogP contribution in [0.25, 0.3) is 0 Å². The van der Waals surface area contributed by atoms with Crippen molar-refractivity contribution < 1.29 is 4.79 Å². The first-order valence-electron chi connectivity index (χ1n) is 5.42. The highest BCUT2D eigenvalue weighted by atomic mass is 32.1. The van der Waals surface area contributed by atoms with Gasteiger partial charge in [-0.2, -0.15) is 0 Å². The number of nitrogens with zero attached hydrogens (tertiary/aromatic N) is 2. The van der Waals surface area contributed by atoms with E-state index < -0.39 is 0 Å². The van der Waals surface area contributed by atoms with Crippen molar-refractivity contribution in [1.82, 2.24) is 15.1 Å². The SMILES string of the molecule is CCCNC(=S)N1CCCN(C)C(=O)C1. The zero-order valence-corrected chi connectivity index (χ0v) is 10.3. The third kappa shape index (κ3) is 3.66. The lowest BCUT2D eigenvalue weighted by molar-refractivity contribution is -0.129. The largest absolute Gasteiger partial charge is 0.363 e. The van der Waals surface area contributed by atoms with Crippen LogP contribution < -0.4 is 5.32 Å². The summed E-state index contributed by atoms with van der Waals surface area (Å²) in [4.78, 5) is 15.3. The van der Waals surface area contributed by atoms with Gasteiger partial charge in [-0.25, -0.2) is 0 Å². The lowest BCUT2D eigenvalue weighted by Crippen LogP contribution is -2.43. The Balaban J connectivity index is 2.47. The van der Waals surface area contributed by atoms with E-state index in [1.807, 2.05) is 11.9 Å². The van der Waals surface area contributed by atoms with Crippen molar-refractivity contribution in [1.29, 1.82) is 0 Å². The second kappa shape index (κ2) is 5.90. The molecule has 1 rings (SSSR count). The van der Waals surface area contributed by atoms with Gasteiger partial charge >= 0.3 is 0 Å². The molecule has 86 valence electrons. The number of rotatable bonds is 2. The fourth-order valence-electron chi connectivity index (χ4n) is 1.50. The van der Waals surface area contributed by atoms with Crippen LogP contribution in [0.15, 0.2) is 0 Å². The molecule has 0 radical (unpaired) electrons. The Labute approximate surface area is 96.6 Å². The fourth-order valence-corrected chi connectivity index (χ4v) is 1.76. The van der Waals surface area contributed by atoms with Crippen LogP contribution in [0.2, 0.25) is 0 Å². The Hall–Kier alpha value is -0.840. The Morgan fingerprint density at radius 3 is 2.93 bits per heavy atom.